The second-order valence-corrected chi connectivity index (χ2v) is 9.96. The van der Waals surface area contributed by atoms with Crippen molar-refractivity contribution < 1.29 is 14.4 Å². The number of halogens is 1. The molecule has 0 radical (unpaired) electrons. The Labute approximate surface area is 194 Å². The maximum Gasteiger partial charge on any atom is 0.262 e. The van der Waals surface area contributed by atoms with Crippen LogP contribution in [-0.2, 0) is 4.79 Å². The van der Waals surface area contributed by atoms with Crippen LogP contribution in [0.1, 0.15) is 45.7 Å². The summed E-state index contributed by atoms with van der Waals surface area (Å²) in [5, 5.41) is 4.88. The Balaban J connectivity index is 1.44. The third kappa shape index (κ3) is 5.18. The highest BCUT2D eigenvalue weighted by Gasteiger charge is 2.37. The fourth-order valence-corrected chi connectivity index (χ4v) is 5.40. The number of likely N-dealkylation sites (tertiary alicyclic amines) is 2. The van der Waals surface area contributed by atoms with Gasteiger partial charge in [0.25, 0.3) is 11.8 Å². The number of piperidine rings is 1. The summed E-state index contributed by atoms with van der Waals surface area (Å²) in [5.41, 5.74) is 0.656. The van der Waals surface area contributed by atoms with Crippen molar-refractivity contribution in [1.82, 2.24) is 15.1 Å². The highest BCUT2D eigenvalue weighted by molar-refractivity contribution is 9.10. The summed E-state index contributed by atoms with van der Waals surface area (Å²) in [6, 6.07) is 10.5. The average molecular weight is 504 g/mol. The van der Waals surface area contributed by atoms with E-state index in [1.54, 1.807) is 6.07 Å². The first-order chi connectivity index (χ1) is 15.0. The van der Waals surface area contributed by atoms with E-state index in [1.807, 2.05) is 45.5 Å². The van der Waals surface area contributed by atoms with E-state index in [2.05, 4.69) is 21.2 Å². The third-order valence-electron chi connectivity index (χ3n) is 6.09. The molecule has 31 heavy (non-hydrogen) atoms. The van der Waals surface area contributed by atoms with Crippen molar-refractivity contribution in [1.29, 1.82) is 0 Å². The minimum Gasteiger partial charge on any atom is -0.341 e. The van der Waals surface area contributed by atoms with Gasteiger partial charge >= 0.3 is 0 Å². The Morgan fingerprint density at radius 1 is 1.00 bits per heavy atom. The summed E-state index contributed by atoms with van der Waals surface area (Å²) in [7, 11) is 0. The van der Waals surface area contributed by atoms with Crippen LogP contribution >= 0.6 is 27.3 Å². The summed E-state index contributed by atoms with van der Waals surface area (Å²) < 4.78 is 0.876. The van der Waals surface area contributed by atoms with Crippen LogP contribution in [-0.4, -0.2) is 59.7 Å². The lowest BCUT2D eigenvalue weighted by Crippen LogP contribution is -2.54. The summed E-state index contributed by atoms with van der Waals surface area (Å²) in [5.74, 6) is -0.160. The van der Waals surface area contributed by atoms with Gasteiger partial charge in [-0.2, -0.15) is 0 Å². The van der Waals surface area contributed by atoms with Gasteiger partial charge in [0.15, 0.2) is 0 Å². The predicted octanol–water partition coefficient (Wildman–Crippen LogP) is 3.78. The predicted molar refractivity (Wildman–Crippen MR) is 124 cm³/mol. The molecule has 2 fully saturated rings. The largest absolute Gasteiger partial charge is 0.341 e. The zero-order valence-electron chi connectivity index (χ0n) is 17.3. The monoisotopic (exact) mass is 503 g/mol. The quantitative estimate of drug-likeness (QED) is 0.674. The van der Waals surface area contributed by atoms with E-state index in [-0.39, 0.29) is 23.6 Å². The molecule has 2 aliphatic heterocycles. The maximum atomic E-state index is 13.3. The molecule has 0 aliphatic carbocycles. The fraction of sp³-hybridized carbons (Fsp3) is 0.435. The summed E-state index contributed by atoms with van der Waals surface area (Å²) in [6.07, 6.45) is 3.40. The highest BCUT2D eigenvalue weighted by Crippen LogP contribution is 2.25. The van der Waals surface area contributed by atoms with E-state index in [4.69, 9.17) is 0 Å². The SMILES string of the molecule is O=C(N[C@H](C(=O)N1CCCC1)C1CCN(C(=O)c2cccc(Br)c2)CC1)c1cccs1. The number of amides is 3. The van der Waals surface area contributed by atoms with Crippen molar-refractivity contribution >= 4 is 45.0 Å². The van der Waals surface area contributed by atoms with E-state index in [0.29, 0.717) is 36.4 Å². The lowest BCUT2D eigenvalue weighted by atomic mass is 9.88. The molecule has 4 rings (SSSR count). The number of hydrogen-bond acceptors (Lipinski definition) is 4. The molecule has 1 aromatic heterocycles. The molecule has 6 nitrogen and oxygen atoms in total. The fourth-order valence-electron chi connectivity index (χ4n) is 4.38. The zero-order chi connectivity index (χ0) is 21.8. The topological polar surface area (TPSA) is 69.7 Å². The Morgan fingerprint density at radius 2 is 1.74 bits per heavy atom. The molecule has 1 aromatic carbocycles. The Bertz CT molecular complexity index is 935. The number of benzene rings is 1. The zero-order valence-corrected chi connectivity index (χ0v) is 19.7. The average Bonchev–Trinajstić information content (AvgIpc) is 3.51. The molecule has 1 atom stereocenters. The molecular weight excluding hydrogens is 478 g/mol. The van der Waals surface area contributed by atoms with Crippen LogP contribution in [0.4, 0.5) is 0 Å². The van der Waals surface area contributed by atoms with Crippen LogP contribution in [0.25, 0.3) is 0 Å². The Hall–Kier alpha value is -2.19. The summed E-state index contributed by atoms with van der Waals surface area (Å²) >= 11 is 4.79. The van der Waals surface area contributed by atoms with Gasteiger partial charge in [-0.15, -0.1) is 11.3 Å². The summed E-state index contributed by atoms with van der Waals surface area (Å²) in [4.78, 5) is 43.2. The number of hydrogen-bond donors (Lipinski definition) is 1. The van der Waals surface area contributed by atoms with Gasteiger partial charge in [0.05, 0.1) is 4.88 Å². The van der Waals surface area contributed by atoms with E-state index in [0.717, 1.165) is 30.4 Å². The standard InChI is InChI=1S/C23H26BrN3O3S/c24-18-6-3-5-17(15-18)22(29)27-12-8-16(9-13-27)20(23(30)26-10-1-2-11-26)25-21(28)19-7-4-14-31-19/h3-7,14-16,20H,1-2,8-13H2,(H,25,28)/t20-/m0/s1. The normalized spacial score (nSPS) is 18.1. The number of carbonyl (C=O) groups excluding carboxylic acids is 3. The molecule has 3 amide bonds. The smallest absolute Gasteiger partial charge is 0.262 e. The molecule has 8 heteroatoms. The first-order valence-corrected chi connectivity index (χ1v) is 12.4. The Kier molecular flexibility index (Phi) is 7.07. The van der Waals surface area contributed by atoms with Crippen molar-refractivity contribution in [2.24, 2.45) is 5.92 Å². The summed E-state index contributed by atoms with van der Waals surface area (Å²) in [6.45, 7) is 2.66. The van der Waals surface area contributed by atoms with Crippen LogP contribution in [0.3, 0.4) is 0 Å². The van der Waals surface area contributed by atoms with E-state index < -0.39 is 6.04 Å². The van der Waals surface area contributed by atoms with Gasteiger partial charge in [-0.25, -0.2) is 0 Å². The minimum atomic E-state index is -0.546. The van der Waals surface area contributed by atoms with Crippen molar-refractivity contribution in [2.75, 3.05) is 26.2 Å². The molecule has 0 unspecified atom stereocenters. The lowest BCUT2D eigenvalue weighted by Gasteiger charge is -2.37. The van der Waals surface area contributed by atoms with E-state index in [9.17, 15) is 14.4 Å². The molecule has 0 bridgehead atoms. The second kappa shape index (κ2) is 9.96. The molecule has 2 aliphatic rings. The van der Waals surface area contributed by atoms with Crippen molar-refractivity contribution in [2.45, 2.75) is 31.7 Å². The number of carbonyl (C=O) groups is 3. The first kappa shape index (κ1) is 22.0. The van der Waals surface area contributed by atoms with Gasteiger partial charge in [0.2, 0.25) is 5.91 Å². The van der Waals surface area contributed by atoms with E-state index >= 15 is 0 Å². The Morgan fingerprint density at radius 3 is 2.39 bits per heavy atom. The molecule has 1 N–H and O–H groups in total. The van der Waals surface area contributed by atoms with Crippen LogP contribution in [0, 0.1) is 5.92 Å². The van der Waals surface area contributed by atoms with Crippen molar-refractivity contribution in [3.8, 4) is 0 Å². The molecule has 164 valence electrons. The molecular formula is C23H26BrN3O3S. The molecule has 2 aromatic rings. The third-order valence-corrected chi connectivity index (χ3v) is 7.45. The van der Waals surface area contributed by atoms with Crippen LogP contribution in [0.5, 0.6) is 0 Å². The van der Waals surface area contributed by atoms with Crippen LogP contribution in [0.2, 0.25) is 0 Å². The highest BCUT2D eigenvalue weighted by atomic mass is 79.9. The first-order valence-electron chi connectivity index (χ1n) is 10.7. The maximum absolute atomic E-state index is 13.3. The molecule has 2 saturated heterocycles. The number of rotatable bonds is 5. The van der Waals surface area contributed by atoms with Gasteiger partial charge in [-0.1, -0.05) is 28.1 Å². The van der Waals surface area contributed by atoms with Crippen molar-refractivity contribution in [3.05, 3.63) is 56.7 Å². The second-order valence-electron chi connectivity index (χ2n) is 8.10. The van der Waals surface area contributed by atoms with Gasteiger partial charge in [0, 0.05) is 36.2 Å². The number of thiophene rings is 1. The van der Waals surface area contributed by atoms with Gasteiger partial charge in [0.1, 0.15) is 6.04 Å². The molecule has 0 spiro atoms. The lowest BCUT2D eigenvalue weighted by molar-refractivity contribution is -0.134. The van der Waals surface area contributed by atoms with Gasteiger partial charge in [-0.3, -0.25) is 14.4 Å². The number of nitrogens with one attached hydrogen (secondary N) is 1. The van der Waals surface area contributed by atoms with Crippen molar-refractivity contribution in [3.63, 3.8) is 0 Å². The van der Waals surface area contributed by atoms with Crippen LogP contribution < -0.4 is 5.32 Å². The van der Waals surface area contributed by atoms with Crippen LogP contribution in [0.15, 0.2) is 46.3 Å². The van der Waals surface area contributed by atoms with E-state index in [1.165, 1.54) is 11.3 Å². The number of nitrogens with zero attached hydrogens (tertiary/aromatic N) is 2. The van der Waals surface area contributed by atoms with Gasteiger partial charge in [-0.05, 0) is 61.2 Å². The molecule has 3 heterocycles. The molecule has 0 saturated carbocycles. The van der Waals surface area contributed by atoms with Gasteiger partial charge < -0.3 is 15.1 Å². The minimum absolute atomic E-state index is 0.00444.